The number of fused-ring (bicyclic) bond motifs is 1. The summed E-state index contributed by atoms with van der Waals surface area (Å²) in [5.74, 6) is 0.359. The fourth-order valence-corrected chi connectivity index (χ4v) is 2.95. The van der Waals surface area contributed by atoms with Crippen molar-refractivity contribution in [3.63, 3.8) is 0 Å². The van der Waals surface area contributed by atoms with Gasteiger partial charge in [-0.25, -0.2) is 9.78 Å². The van der Waals surface area contributed by atoms with Crippen molar-refractivity contribution in [3.8, 4) is 23.3 Å². The molecule has 9 heteroatoms. The molecular formula is C23H21N3O6. The van der Waals surface area contributed by atoms with Crippen LogP contribution in [0.5, 0.6) is 17.2 Å². The minimum atomic E-state index is -0.716. The molecular weight excluding hydrogens is 414 g/mol. The van der Waals surface area contributed by atoms with E-state index in [9.17, 15) is 15.2 Å². The first-order valence-corrected chi connectivity index (χ1v) is 9.42. The molecule has 9 nitrogen and oxygen atoms in total. The highest BCUT2D eigenvalue weighted by molar-refractivity contribution is 5.88. The van der Waals surface area contributed by atoms with Crippen molar-refractivity contribution < 1.29 is 28.8 Å². The quantitative estimate of drug-likeness (QED) is 0.238. The van der Waals surface area contributed by atoms with Gasteiger partial charge in [-0.3, -0.25) is 0 Å². The zero-order valence-corrected chi connectivity index (χ0v) is 17.7. The topological polar surface area (TPSA) is 127 Å². The number of carbonyl (C=O) groups excluding carboxylic acids is 1. The number of esters is 1. The number of ether oxygens (including phenoxy) is 4. The first-order chi connectivity index (χ1) is 15.5. The first kappa shape index (κ1) is 22.2. The Balaban J connectivity index is 1.72. The molecule has 0 unspecified atom stereocenters. The third kappa shape index (κ3) is 4.82. The summed E-state index contributed by atoms with van der Waals surface area (Å²) in [6, 6.07) is 12.4. The van der Waals surface area contributed by atoms with Crippen LogP contribution in [0.4, 0.5) is 0 Å². The van der Waals surface area contributed by atoms with Gasteiger partial charge in [-0.05, 0) is 35.9 Å². The number of hydrogen-bond acceptors (Lipinski definition) is 8. The number of carbonyl (C=O) groups is 1. The van der Waals surface area contributed by atoms with E-state index in [0.717, 1.165) is 0 Å². The van der Waals surface area contributed by atoms with Crippen molar-refractivity contribution in [1.82, 2.24) is 9.97 Å². The van der Waals surface area contributed by atoms with Crippen LogP contribution in [0.3, 0.4) is 0 Å². The molecule has 0 bridgehead atoms. The van der Waals surface area contributed by atoms with E-state index < -0.39 is 18.3 Å². The Bertz CT molecular complexity index is 1180. The zero-order chi connectivity index (χ0) is 23.1. The number of nitriles is 1. The normalized spacial score (nSPS) is 11.7. The summed E-state index contributed by atoms with van der Waals surface area (Å²) >= 11 is 0. The Morgan fingerprint density at radius 1 is 1.16 bits per heavy atom. The Morgan fingerprint density at radius 2 is 1.84 bits per heavy atom. The predicted molar refractivity (Wildman–Crippen MR) is 117 cm³/mol. The van der Waals surface area contributed by atoms with Gasteiger partial charge >= 0.3 is 5.97 Å². The van der Waals surface area contributed by atoms with Gasteiger partial charge in [0.2, 0.25) is 5.75 Å². The number of hydrogen-bond donors (Lipinski definition) is 2. The molecule has 1 aromatic heterocycles. The van der Waals surface area contributed by atoms with Crippen molar-refractivity contribution in [2.24, 2.45) is 0 Å². The minimum Gasteiger partial charge on any atom is -0.507 e. The standard InChI is InChI=1S/C23H21N3O6/c1-29-19-10-14(11-20(30-2)22(19)31-3)8-9-21(28)32-13-18(27)15(12-24)23-25-16-6-4-5-7-17(16)26-23/h4-11,27H,13H2,1-3H3,(H,25,26)/b9-8+,18-15-. The number of methoxy groups -OCH3 is 3. The summed E-state index contributed by atoms with van der Waals surface area (Å²) in [6.45, 7) is -0.488. The molecule has 2 aromatic carbocycles. The fourth-order valence-electron chi connectivity index (χ4n) is 2.95. The van der Waals surface area contributed by atoms with E-state index in [2.05, 4.69) is 9.97 Å². The maximum Gasteiger partial charge on any atom is 0.331 e. The van der Waals surface area contributed by atoms with E-state index in [4.69, 9.17) is 18.9 Å². The SMILES string of the molecule is COc1cc(/C=C/C(=O)OC/C(O)=C(\C#N)c2nc3ccccc3[nH]2)cc(OC)c1OC. The summed E-state index contributed by atoms with van der Waals surface area (Å²) in [5.41, 5.74) is 1.86. The van der Waals surface area contributed by atoms with Gasteiger partial charge in [-0.1, -0.05) is 12.1 Å². The molecule has 0 atom stereocenters. The summed E-state index contributed by atoms with van der Waals surface area (Å²) in [6.07, 6.45) is 2.68. The number of aliphatic hydroxyl groups is 1. The first-order valence-electron chi connectivity index (χ1n) is 9.42. The maximum atomic E-state index is 12.1. The van der Waals surface area contributed by atoms with Gasteiger partial charge < -0.3 is 29.0 Å². The molecule has 3 rings (SSSR count). The highest BCUT2D eigenvalue weighted by atomic mass is 16.5. The highest BCUT2D eigenvalue weighted by Gasteiger charge is 2.15. The number of rotatable bonds is 8. The molecule has 0 spiro atoms. The van der Waals surface area contributed by atoms with Crippen molar-refractivity contribution in [1.29, 1.82) is 5.26 Å². The Labute approximate surface area is 184 Å². The predicted octanol–water partition coefficient (Wildman–Crippen LogP) is 3.64. The molecule has 0 amide bonds. The van der Waals surface area contributed by atoms with Crippen LogP contribution in [0, 0.1) is 11.3 Å². The van der Waals surface area contributed by atoms with Crippen LogP contribution < -0.4 is 14.2 Å². The second-order valence-electron chi connectivity index (χ2n) is 6.44. The lowest BCUT2D eigenvalue weighted by Gasteiger charge is -2.12. The van der Waals surface area contributed by atoms with E-state index >= 15 is 0 Å². The molecule has 1 heterocycles. The minimum absolute atomic E-state index is 0.109. The van der Waals surface area contributed by atoms with Crippen molar-refractivity contribution in [2.45, 2.75) is 0 Å². The Hall–Kier alpha value is -4.45. The average Bonchev–Trinajstić information content (AvgIpc) is 3.24. The molecule has 164 valence electrons. The molecule has 3 aromatic rings. The number of imidazole rings is 1. The zero-order valence-electron chi connectivity index (χ0n) is 17.7. The van der Waals surface area contributed by atoms with Crippen LogP contribution >= 0.6 is 0 Å². The number of nitrogens with zero attached hydrogens (tertiary/aromatic N) is 2. The lowest BCUT2D eigenvalue weighted by atomic mass is 10.1. The number of para-hydroxylation sites is 2. The highest BCUT2D eigenvalue weighted by Crippen LogP contribution is 2.38. The summed E-state index contributed by atoms with van der Waals surface area (Å²) < 4.78 is 20.9. The van der Waals surface area contributed by atoms with Crippen LogP contribution in [0.25, 0.3) is 22.7 Å². The number of H-pyrrole nitrogens is 1. The molecule has 0 saturated heterocycles. The third-order valence-electron chi connectivity index (χ3n) is 4.48. The van der Waals surface area contributed by atoms with Crippen molar-refractivity contribution >= 4 is 28.7 Å². The lowest BCUT2D eigenvalue weighted by molar-refractivity contribution is -0.137. The third-order valence-corrected chi connectivity index (χ3v) is 4.48. The van der Waals surface area contributed by atoms with Gasteiger partial charge in [0.05, 0.1) is 32.4 Å². The van der Waals surface area contributed by atoms with Gasteiger partial charge in [0.1, 0.15) is 18.2 Å². The van der Waals surface area contributed by atoms with Gasteiger partial charge in [0.15, 0.2) is 23.1 Å². The fraction of sp³-hybridized carbons (Fsp3) is 0.174. The van der Waals surface area contributed by atoms with Crippen LogP contribution in [0.1, 0.15) is 11.4 Å². The molecule has 0 aliphatic rings. The summed E-state index contributed by atoms with van der Waals surface area (Å²) in [5, 5.41) is 19.7. The van der Waals surface area contributed by atoms with E-state index in [-0.39, 0.29) is 11.4 Å². The number of aromatic amines is 1. The second kappa shape index (κ2) is 10.0. The van der Waals surface area contributed by atoms with Gasteiger partial charge in [-0.2, -0.15) is 5.26 Å². The van der Waals surface area contributed by atoms with Crippen LogP contribution in [-0.2, 0) is 9.53 Å². The number of allylic oxidation sites excluding steroid dienone is 1. The van der Waals surface area contributed by atoms with E-state index in [1.807, 2.05) is 18.2 Å². The second-order valence-corrected chi connectivity index (χ2v) is 6.44. The molecule has 0 saturated carbocycles. The molecule has 0 aliphatic heterocycles. The van der Waals surface area contributed by atoms with Crippen LogP contribution in [0.15, 0.2) is 48.2 Å². The average molecular weight is 435 g/mol. The smallest absolute Gasteiger partial charge is 0.331 e. The van der Waals surface area contributed by atoms with Gasteiger partial charge in [0, 0.05) is 6.08 Å². The van der Waals surface area contributed by atoms with Crippen molar-refractivity contribution in [3.05, 3.63) is 59.6 Å². The van der Waals surface area contributed by atoms with E-state index in [1.165, 1.54) is 33.5 Å². The number of aromatic nitrogens is 2. The van der Waals surface area contributed by atoms with E-state index in [1.54, 1.807) is 24.3 Å². The maximum absolute atomic E-state index is 12.1. The Kier molecular flexibility index (Phi) is 6.98. The molecule has 32 heavy (non-hydrogen) atoms. The van der Waals surface area contributed by atoms with Crippen LogP contribution in [-0.4, -0.2) is 49.0 Å². The lowest BCUT2D eigenvalue weighted by Crippen LogP contribution is -2.06. The van der Waals surface area contributed by atoms with Gasteiger partial charge in [0.25, 0.3) is 0 Å². The number of nitrogens with one attached hydrogen (secondary N) is 1. The monoisotopic (exact) mass is 435 g/mol. The number of benzene rings is 2. The number of aliphatic hydroxyl groups excluding tert-OH is 1. The molecule has 0 radical (unpaired) electrons. The summed E-state index contributed by atoms with van der Waals surface area (Å²) in [4.78, 5) is 19.3. The van der Waals surface area contributed by atoms with E-state index in [0.29, 0.717) is 33.8 Å². The van der Waals surface area contributed by atoms with Gasteiger partial charge in [-0.15, -0.1) is 0 Å². The molecule has 0 aliphatic carbocycles. The van der Waals surface area contributed by atoms with Crippen LogP contribution in [0.2, 0.25) is 0 Å². The van der Waals surface area contributed by atoms with Crippen molar-refractivity contribution in [2.75, 3.05) is 27.9 Å². The Morgan fingerprint density at radius 3 is 2.44 bits per heavy atom. The molecule has 0 fully saturated rings. The largest absolute Gasteiger partial charge is 0.507 e. The molecule has 2 N–H and O–H groups in total. The summed E-state index contributed by atoms with van der Waals surface area (Å²) in [7, 11) is 4.47.